The first-order valence-electron chi connectivity index (χ1n) is 8.79. The van der Waals surface area contributed by atoms with Crippen molar-refractivity contribution in [2.75, 3.05) is 19.5 Å². The van der Waals surface area contributed by atoms with Gasteiger partial charge in [-0.25, -0.2) is 0 Å². The first-order chi connectivity index (χ1) is 12.2. The summed E-state index contributed by atoms with van der Waals surface area (Å²) in [7, 11) is 3.27. The molecule has 1 aliphatic carbocycles. The number of para-hydroxylation sites is 2. The number of Topliss-reactive ketones (excluding diaryl/α,β-unsaturated/α-hetero) is 1. The van der Waals surface area contributed by atoms with E-state index in [1.807, 2.05) is 48.5 Å². The van der Waals surface area contributed by atoms with Gasteiger partial charge < -0.3 is 14.8 Å². The summed E-state index contributed by atoms with van der Waals surface area (Å²) in [6.07, 6.45) is 3.62. The van der Waals surface area contributed by atoms with Crippen molar-refractivity contribution >= 4 is 11.5 Å². The van der Waals surface area contributed by atoms with E-state index in [2.05, 4.69) is 5.32 Å². The Morgan fingerprint density at radius 1 is 1.00 bits per heavy atom. The summed E-state index contributed by atoms with van der Waals surface area (Å²) in [5.41, 5.74) is 1.96. The standard InChI is InChI=1S/C21H25NO3/c1-24-19-14-8-12-17(21(19)25-2)20(16-11-6-7-13-18(16)23)22-15-9-4-3-5-10-15/h3-5,8-10,12,14,16,20,22H,6-7,11,13H2,1-2H3/t16-,20+/m0/s1. The number of hydrogen-bond acceptors (Lipinski definition) is 4. The molecule has 0 amide bonds. The van der Waals surface area contributed by atoms with Crippen LogP contribution in [0.25, 0.3) is 0 Å². The topological polar surface area (TPSA) is 47.6 Å². The molecule has 1 N–H and O–H groups in total. The smallest absolute Gasteiger partial charge is 0.165 e. The Morgan fingerprint density at radius 2 is 1.80 bits per heavy atom. The maximum atomic E-state index is 12.6. The van der Waals surface area contributed by atoms with E-state index < -0.39 is 0 Å². The fourth-order valence-corrected chi connectivity index (χ4v) is 3.63. The molecule has 0 unspecified atom stereocenters. The number of rotatable bonds is 6. The van der Waals surface area contributed by atoms with Crippen LogP contribution in [0.15, 0.2) is 48.5 Å². The van der Waals surface area contributed by atoms with E-state index in [0.29, 0.717) is 23.7 Å². The molecule has 0 radical (unpaired) electrons. The molecular formula is C21H25NO3. The molecule has 0 spiro atoms. The second kappa shape index (κ2) is 8.06. The number of methoxy groups -OCH3 is 2. The number of nitrogens with one attached hydrogen (secondary N) is 1. The number of ether oxygens (including phenoxy) is 2. The second-order valence-electron chi connectivity index (χ2n) is 6.39. The third-order valence-electron chi connectivity index (χ3n) is 4.87. The lowest BCUT2D eigenvalue weighted by atomic mass is 9.79. The van der Waals surface area contributed by atoms with Crippen LogP contribution < -0.4 is 14.8 Å². The van der Waals surface area contributed by atoms with E-state index in [-0.39, 0.29) is 12.0 Å². The van der Waals surface area contributed by atoms with E-state index in [4.69, 9.17) is 9.47 Å². The van der Waals surface area contributed by atoms with Crippen molar-refractivity contribution in [3.63, 3.8) is 0 Å². The number of hydrogen-bond donors (Lipinski definition) is 1. The Hall–Kier alpha value is -2.49. The summed E-state index contributed by atoms with van der Waals surface area (Å²) in [6, 6.07) is 15.7. The summed E-state index contributed by atoms with van der Waals surface area (Å²) in [4.78, 5) is 12.6. The first kappa shape index (κ1) is 17.3. The van der Waals surface area contributed by atoms with Crippen molar-refractivity contribution in [3.8, 4) is 11.5 Å². The van der Waals surface area contributed by atoms with Crippen molar-refractivity contribution in [3.05, 3.63) is 54.1 Å². The quantitative estimate of drug-likeness (QED) is 0.834. The van der Waals surface area contributed by atoms with Crippen LogP contribution in [0.5, 0.6) is 11.5 Å². The van der Waals surface area contributed by atoms with Crippen molar-refractivity contribution < 1.29 is 14.3 Å². The minimum Gasteiger partial charge on any atom is -0.493 e. The summed E-state index contributed by atoms with van der Waals surface area (Å²) in [5.74, 6) is 1.64. The average molecular weight is 339 g/mol. The first-order valence-corrected chi connectivity index (χ1v) is 8.79. The highest BCUT2D eigenvalue weighted by molar-refractivity contribution is 5.83. The average Bonchev–Trinajstić information content (AvgIpc) is 2.67. The van der Waals surface area contributed by atoms with Crippen LogP contribution in [-0.2, 0) is 4.79 Å². The third kappa shape index (κ3) is 3.78. The van der Waals surface area contributed by atoms with E-state index >= 15 is 0 Å². The van der Waals surface area contributed by atoms with Gasteiger partial charge in [0.25, 0.3) is 0 Å². The van der Waals surface area contributed by atoms with Gasteiger partial charge in [0.1, 0.15) is 5.78 Å². The van der Waals surface area contributed by atoms with E-state index in [0.717, 1.165) is 30.5 Å². The molecule has 1 saturated carbocycles. The van der Waals surface area contributed by atoms with E-state index in [1.165, 1.54) is 0 Å². The lowest BCUT2D eigenvalue weighted by Gasteiger charge is -2.32. The molecule has 1 fully saturated rings. The lowest BCUT2D eigenvalue weighted by Crippen LogP contribution is -2.30. The van der Waals surface area contributed by atoms with Crippen molar-refractivity contribution in [2.45, 2.75) is 31.7 Å². The fourth-order valence-electron chi connectivity index (χ4n) is 3.63. The van der Waals surface area contributed by atoms with E-state index in [9.17, 15) is 4.79 Å². The number of anilines is 1. The highest BCUT2D eigenvalue weighted by Crippen LogP contribution is 2.42. The number of ketones is 1. The maximum absolute atomic E-state index is 12.6. The van der Waals surface area contributed by atoms with Gasteiger partial charge in [0, 0.05) is 23.6 Å². The van der Waals surface area contributed by atoms with Gasteiger partial charge in [-0.15, -0.1) is 0 Å². The van der Waals surface area contributed by atoms with Crippen LogP contribution in [-0.4, -0.2) is 20.0 Å². The van der Waals surface area contributed by atoms with Crippen LogP contribution in [0.2, 0.25) is 0 Å². The molecule has 132 valence electrons. The van der Waals surface area contributed by atoms with Gasteiger partial charge in [-0.1, -0.05) is 36.8 Å². The molecule has 25 heavy (non-hydrogen) atoms. The molecule has 2 aromatic rings. The molecule has 4 heteroatoms. The molecule has 0 bridgehead atoms. The molecule has 0 heterocycles. The minimum absolute atomic E-state index is 0.0602. The largest absolute Gasteiger partial charge is 0.493 e. The Labute approximate surface area is 149 Å². The van der Waals surface area contributed by atoms with Crippen LogP contribution in [0.3, 0.4) is 0 Å². The van der Waals surface area contributed by atoms with Gasteiger partial charge in [0.05, 0.1) is 20.3 Å². The zero-order valence-corrected chi connectivity index (χ0v) is 14.8. The van der Waals surface area contributed by atoms with Crippen LogP contribution in [0, 0.1) is 5.92 Å². The normalized spacial score (nSPS) is 18.5. The van der Waals surface area contributed by atoms with Crippen LogP contribution >= 0.6 is 0 Å². The van der Waals surface area contributed by atoms with Crippen LogP contribution in [0.1, 0.15) is 37.3 Å². The molecule has 0 aliphatic heterocycles. The highest BCUT2D eigenvalue weighted by Gasteiger charge is 2.33. The fraction of sp³-hybridized carbons (Fsp3) is 0.381. The summed E-state index contributed by atoms with van der Waals surface area (Å²) in [5, 5.41) is 3.57. The Balaban J connectivity index is 2.03. The van der Waals surface area contributed by atoms with E-state index in [1.54, 1.807) is 14.2 Å². The SMILES string of the molecule is COc1cccc([C@H](Nc2ccccc2)[C@H]2CCCCC2=O)c1OC. The Morgan fingerprint density at radius 3 is 2.48 bits per heavy atom. The van der Waals surface area contributed by atoms with Gasteiger partial charge in [-0.05, 0) is 31.0 Å². The molecular weight excluding hydrogens is 314 g/mol. The number of carbonyl (C=O) groups excluding carboxylic acids is 1. The molecule has 2 aromatic carbocycles. The third-order valence-corrected chi connectivity index (χ3v) is 4.87. The Bertz CT molecular complexity index is 714. The number of benzene rings is 2. The van der Waals surface area contributed by atoms with Gasteiger partial charge in [0.2, 0.25) is 0 Å². The summed E-state index contributed by atoms with van der Waals surface area (Å²) < 4.78 is 11.1. The van der Waals surface area contributed by atoms with Crippen molar-refractivity contribution in [1.29, 1.82) is 0 Å². The second-order valence-corrected chi connectivity index (χ2v) is 6.39. The van der Waals surface area contributed by atoms with Crippen molar-refractivity contribution in [2.24, 2.45) is 5.92 Å². The van der Waals surface area contributed by atoms with Gasteiger partial charge in [0.15, 0.2) is 11.5 Å². The zero-order valence-electron chi connectivity index (χ0n) is 14.8. The predicted octanol–water partition coefficient (Wildman–Crippen LogP) is 4.62. The predicted molar refractivity (Wildman–Crippen MR) is 99.3 cm³/mol. The van der Waals surface area contributed by atoms with Crippen molar-refractivity contribution in [1.82, 2.24) is 0 Å². The zero-order chi connectivity index (χ0) is 17.6. The van der Waals surface area contributed by atoms with Gasteiger partial charge in [-0.2, -0.15) is 0 Å². The molecule has 3 rings (SSSR count). The highest BCUT2D eigenvalue weighted by atomic mass is 16.5. The maximum Gasteiger partial charge on any atom is 0.165 e. The lowest BCUT2D eigenvalue weighted by molar-refractivity contribution is -0.125. The molecule has 4 nitrogen and oxygen atoms in total. The summed E-state index contributed by atoms with van der Waals surface area (Å²) in [6.45, 7) is 0. The molecule has 1 aliphatic rings. The van der Waals surface area contributed by atoms with Crippen LogP contribution in [0.4, 0.5) is 5.69 Å². The minimum atomic E-state index is -0.139. The van der Waals surface area contributed by atoms with Gasteiger partial charge >= 0.3 is 0 Å². The summed E-state index contributed by atoms with van der Waals surface area (Å²) >= 11 is 0. The molecule has 0 aromatic heterocycles. The monoisotopic (exact) mass is 339 g/mol. The molecule has 2 atom stereocenters. The molecule has 0 saturated heterocycles. The van der Waals surface area contributed by atoms with Gasteiger partial charge in [-0.3, -0.25) is 4.79 Å². The Kier molecular flexibility index (Phi) is 5.59. The number of carbonyl (C=O) groups is 1.